The predicted molar refractivity (Wildman–Crippen MR) is 61.4 cm³/mol. The van der Waals surface area contributed by atoms with Crippen LogP contribution in [0.15, 0.2) is 0 Å². The molecule has 1 aliphatic heterocycles. The van der Waals surface area contributed by atoms with Gasteiger partial charge < -0.3 is 14.7 Å². The van der Waals surface area contributed by atoms with Crippen LogP contribution in [0.2, 0.25) is 0 Å². The molecule has 0 spiro atoms. The number of carbonyl (C=O) groups excluding carboxylic acids is 1. The van der Waals surface area contributed by atoms with Gasteiger partial charge in [0.15, 0.2) is 0 Å². The highest BCUT2D eigenvalue weighted by Gasteiger charge is 2.30. The zero-order chi connectivity index (χ0) is 13.1. The molecule has 0 radical (unpaired) electrons. The molecule has 1 aliphatic rings. The highest BCUT2D eigenvalue weighted by molar-refractivity contribution is 5.68. The molecule has 1 rings (SSSR count). The first-order chi connectivity index (χ1) is 7.83. The molecule has 0 aliphatic carbocycles. The van der Waals surface area contributed by atoms with Gasteiger partial charge in [0, 0.05) is 19.6 Å². The van der Waals surface area contributed by atoms with Gasteiger partial charge in [0.05, 0.1) is 6.54 Å². The Balaban J connectivity index is 2.46. The zero-order valence-corrected chi connectivity index (χ0v) is 10.6. The minimum absolute atomic E-state index is 0.162. The lowest BCUT2D eigenvalue weighted by Gasteiger charge is -2.38. The first-order valence-corrected chi connectivity index (χ1v) is 5.79. The SMILES string of the molecule is CC(C)(C)OC(=O)N1CCN(CCF)C(O)C1. The van der Waals surface area contributed by atoms with Crippen LogP contribution in [0.25, 0.3) is 0 Å². The molecular formula is C11H21FN2O3. The Hall–Kier alpha value is -0.880. The van der Waals surface area contributed by atoms with Crippen molar-refractivity contribution in [2.24, 2.45) is 0 Å². The second-order valence-corrected chi connectivity index (χ2v) is 5.13. The van der Waals surface area contributed by atoms with Gasteiger partial charge in [0.25, 0.3) is 0 Å². The number of nitrogens with zero attached hydrogens (tertiary/aromatic N) is 2. The van der Waals surface area contributed by atoms with Crippen LogP contribution in [0.1, 0.15) is 20.8 Å². The van der Waals surface area contributed by atoms with Crippen molar-refractivity contribution in [3.05, 3.63) is 0 Å². The van der Waals surface area contributed by atoms with Crippen molar-refractivity contribution >= 4 is 6.09 Å². The van der Waals surface area contributed by atoms with Crippen molar-refractivity contribution < 1.29 is 19.0 Å². The molecule has 0 saturated carbocycles. The molecule has 1 atom stereocenters. The van der Waals surface area contributed by atoms with Crippen LogP contribution in [0.5, 0.6) is 0 Å². The summed E-state index contributed by atoms with van der Waals surface area (Å²) < 4.78 is 17.4. The van der Waals surface area contributed by atoms with E-state index in [-0.39, 0.29) is 13.1 Å². The summed E-state index contributed by atoms with van der Waals surface area (Å²) >= 11 is 0. The van der Waals surface area contributed by atoms with E-state index in [0.717, 1.165) is 0 Å². The predicted octanol–water partition coefficient (Wildman–Crippen LogP) is 0.827. The van der Waals surface area contributed by atoms with Crippen LogP contribution in [0.4, 0.5) is 9.18 Å². The Bertz CT molecular complexity index is 268. The monoisotopic (exact) mass is 248 g/mol. The summed E-state index contributed by atoms with van der Waals surface area (Å²) in [5, 5.41) is 9.73. The second-order valence-electron chi connectivity index (χ2n) is 5.13. The molecule has 5 nitrogen and oxygen atoms in total. The molecule has 0 aromatic carbocycles. The number of piperazine rings is 1. The maximum Gasteiger partial charge on any atom is 0.410 e. The van der Waals surface area contributed by atoms with Crippen LogP contribution >= 0.6 is 0 Å². The lowest BCUT2D eigenvalue weighted by molar-refractivity contribution is -0.0629. The first kappa shape index (κ1) is 14.2. The summed E-state index contributed by atoms with van der Waals surface area (Å²) in [6.07, 6.45) is -1.25. The third-order valence-electron chi connectivity index (χ3n) is 2.49. The van der Waals surface area contributed by atoms with Gasteiger partial charge in [-0.3, -0.25) is 4.90 Å². The van der Waals surface area contributed by atoms with E-state index in [1.54, 1.807) is 25.7 Å². The molecule has 0 aromatic heterocycles. The van der Waals surface area contributed by atoms with Crippen LogP contribution in [0.3, 0.4) is 0 Å². The number of hydrogen-bond acceptors (Lipinski definition) is 4. The molecule has 1 N–H and O–H groups in total. The summed E-state index contributed by atoms with van der Waals surface area (Å²) in [5.41, 5.74) is -0.544. The summed E-state index contributed by atoms with van der Waals surface area (Å²) in [5.74, 6) is 0. The van der Waals surface area contributed by atoms with Crippen molar-refractivity contribution in [3.63, 3.8) is 0 Å². The van der Waals surface area contributed by atoms with E-state index in [1.807, 2.05) is 0 Å². The van der Waals surface area contributed by atoms with E-state index in [1.165, 1.54) is 4.90 Å². The molecule has 0 bridgehead atoms. The van der Waals surface area contributed by atoms with Crippen molar-refractivity contribution in [2.75, 3.05) is 32.9 Å². The standard InChI is InChI=1S/C11H21FN2O3/c1-11(2,3)17-10(16)14-7-6-13(5-4-12)9(15)8-14/h9,15H,4-8H2,1-3H3. The molecular weight excluding hydrogens is 227 g/mol. The summed E-state index contributed by atoms with van der Waals surface area (Å²) in [6.45, 7) is 6.15. The molecule has 0 aromatic rings. The molecule has 1 heterocycles. The minimum atomic E-state index is -0.813. The highest BCUT2D eigenvalue weighted by Crippen LogP contribution is 2.13. The van der Waals surface area contributed by atoms with E-state index in [9.17, 15) is 14.3 Å². The molecule has 1 saturated heterocycles. The van der Waals surface area contributed by atoms with Crippen LogP contribution in [-0.2, 0) is 4.74 Å². The number of amides is 1. The smallest absolute Gasteiger partial charge is 0.410 e. The zero-order valence-electron chi connectivity index (χ0n) is 10.6. The Kier molecular flexibility index (Phi) is 4.70. The quantitative estimate of drug-likeness (QED) is 0.786. The number of halogens is 1. The van der Waals surface area contributed by atoms with E-state index < -0.39 is 24.6 Å². The molecule has 1 unspecified atom stereocenters. The molecule has 100 valence electrons. The van der Waals surface area contributed by atoms with Gasteiger partial charge in [-0.05, 0) is 20.8 Å². The van der Waals surface area contributed by atoms with Gasteiger partial charge in [0.1, 0.15) is 18.5 Å². The lowest BCUT2D eigenvalue weighted by atomic mass is 10.2. The third-order valence-corrected chi connectivity index (χ3v) is 2.49. The number of aliphatic hydroxyl groups is 1. The molecule has 17 heavy (non-hydrogen) atoms. The third kappa shape index (κ3) is 4.47. The Morgan fingerprint density at radius 3 is 2.59 bits per heavy atom. The molecule has 1 amide bonds. The van der Waals surface area contributed by atoms with Crippen molar-refractivity contribution in [2.45, 2.75) is 32.6 Å². The number of hydrogen-bond donors (Lipinski definition) is 1. The lowest BCUT2D eigenvalue weighted by Crippen LogP contribution is -2.55. The normalized spacial score (nSPS) is 22.6. The first-order valence-electron chi connectivity index (χ1n) is 5.79. The summed E-state index contributed by atoms with van der Waals surface area (Å²) in [4.78, 5) is 14.8. The average Bonchev–Trinajstić information content (AvgIpc) is 2.18. The van der Waals surface area contributed by atoms with Crippen molar-refractivity contribution in [1.29, 1.82) is 0 Å². The van der Waals surface area contributed by atoms with Crippen LogP contribution in [-0.4, -0.2) is 65.7 Å². The van der Waals surface area contributed by atoms with Crippen molar-refractivity contribution in [3.8, 4) is 0 Å². The fourth-order valence-electron chi connectivity index (χ4n) is 1.66. The molecule has 6 heteroatoms. The number of rotatable bonds is 2. The van der Waals surface area contributed by atoms with Crippen LogP contribution in [0, 0.1) is 0 Å². The maximum absolute atomic E-state index is 12.2. The van der Waals surface area contributed by atoms with Crippen molar-refractivity contribution in [1.82, 2.24) is 9.80 Å². The van der Waals surface area contributed by atoms with Gasteiger partial charge >= 0.3 is 6.09 Å². The topological polar surface area (TPSA) is 53.0 Å². The minimum Gasteiger partial charge on any atom is -0.444 e. The number of ether oxygens (including phenoxy) is 1. The Labute approximate surface area is 101 Å². The number of aliphatic hydroxyl groups excluding tert-OH is 1. The van der Waals surface area contributed by atoms with Crippen LogP contribution < -0.4 is 0 Å². The fourth-order valence-corrected chi connectivity index (χ4v) is 1.66. The average molecular weight is 248 g/mol. The van der Waals surface area contributed by atoms with Gasteiger partial charge in [-0.25, -0.2) is 9.18 Å². The highest BCUT2D eigenvalue weighted by atomic mass is 19.1. The fraction of sp³-hybridized carbons (Fsp3) is 0.909. The Morgan fingerprint density at radius 1 is 1.47 bits per heavy atom. The second kappa shape index (κ2) is 5.64. The summed E-state index contributed by atoms with van der Waals surface area (Å²) in [7, 11) is 0. The summed E-state index contributed by atoms with van der Waals surface area (Å²) in [6, 6.07) is 0. The van der Waals surface area contributed by atoms with E-state index >= 15 is 0 Å². The number of alkyl halides is 1. The maximum atomic E-state index is 12.2. The van der Waals surface area contributed by atoms with E-state index in [4.69, 9.17) is 4.74 Å². The van der Waals surface area contributed by atoms with Gasteiger partial charge in [-0.1, -0.05) is 0 Å². The van der Waals surface area contributed by atoms with E-state index in [2.05, 4.69) is 0 Å². The Morgan fingerprint density at radius 2 is 2.12 bits per heavy atom. The number of carbonyl (C=O) groups is 1. The largest absolute Gasteiger partial charge is 0.444 e. The van der Waals surface area contributed by atoms with E-state index in [0.29, 0.717) is 13.1 Å². The van der Waals surface area contributed by atoms with Gasteiger partial charge in [-0.15, -0.1) is 0 Å². The van der Waals surface area contributed by atoms with Gasteiger partial charge in [-0.2, -0.15) is 0 Å². The van der Waals surface area contributed by atoms with Gasteiger partial charge in [0.2, 0.25) is 0 Å². The molecule has 1 fully saturated rings. The number of β-amino-alcohol motifs (C(OH)–C–C–N with tert-alkyl or cyclic N) is 1.